The number of oxime groups is 1. The minimum Gasteiger partial charge on any atom is -0.462 e. The Balaban J connectivity index is 1.49. The molecule has 1 unspecified atom stereocenters. The third-order valence-electron chi connectivity index (χ3n) is 14.1. The second kappa shape index (κ2) is 28.0. The molecule has 2 bridgehead atoms. The van der Waals surface area contributed by atoms with E-state index in [1.807, 2.05) is 40.7 Å². The second-order valence-electron chi connectivity index (χ2n) is 19.5. The van der Waals surface area contributed by atoms with Gasteiger partial charge in [-0.2, -0.15) is 0 Å². The van der Waals surface area contributed by atoms with Gasteiger partial charge in [0.1, 0.15) is 36.7 Å². The number of ketones is 1. The quantitative estimate of drug-likeness (QED) is 0.152. The van der Waals surface area contributed by atoms with Crippen molar-refractivity contribution in [2.75, 3.05) is 61.3 Å². The molecule has 70 heavy (non-hydrogen) atoms. The third kappa shape index (κ3) is 15.7. The van der Waals surface area contributed by atoms with Crippen LogP contribution in [0.5, 0.6) is 0 Å². The van der Waals surface area contributed by atoms with E-state index in [-0.39, 0.29) is 57.1 Å². The van der Waals surface area contributed by atoms with E-state index in [1.165, 1.54) is 7.11 Å². The summed E-state index contributed by atoms with van der Waals surface area (Å²) in [6.07, 6.45) is -1.31. The van der Waals surface area contributed by atoms with Gasteiger partial charge in [-0.25, -0.2) is 0 Å². The number of carbonyl (C=O) groups excluding carboxylic acids is 3. The summed E-state index contributed by atoms with van der Waals surface area (Å²) in [7, 11) is 6.63. The second-order valence-corrected chi connectivity index (χ2v) is 19.5. The van der Waals surface area contributed by atoms with Crippen LogP contribution in [-0.2, 0) is 58.9 Å². The highest BCUT2D eigenvalue weighted by atomic mass is 16.7. The minimum absolute atomic E-state index is 0.0427. The molecule has 1 aromatic rings. The Morgan fingerprint density at radius 1 is 0.929 bits per heavy atom. The van der Waals surface area contributed by atoms with Crippen LogP contribution in [0.4, 0.5) is 0 Å². The Kier molecular flexibility index (Phi) is 22.9. The average Bonchev–Trinajstić information content (AvgIpc) is 3.35. The SMILES string of the molecule is CCNC(=O)c1ccc(CO/N=C2\COCCC3C[C@@H](C)C(=O)/C=C/C(C)=C/[C@H](CO[C@@H]4CC[C@@H](O)[C@@H](OC)[C@H]4OC)[C@@H](CC)OC(=O)C[C@@H](OC2)[C@H](C)[C@H]3O[C@@H]2O[C@H](C)[C@@H](O)[C@H](N(C)C)[C@H]2O)cc1. The molecule has 1 saturated carbocycles. The van der Waals surface area contributed by atoms with Crippen LogP contribution in [0.1, 0.15) is 96.0 Å². The lowest BCUT2D eigenvalue weighted by Gasteiger charge is -2.47. The lowest BCUT2D eigenvalue weighted by atomic mass is 9.79. The first-order valence-electron chi connectivity index (χ1n) is 25.0. The summed E-state index contributed by atoms with van der Waals surface area (Å²) >= 11 is 0. The van der Waals surface area contributed by atoms with Gasteiger partial charge < -0.3 is 68.3 Å². The number of amides is 1. The van der Waals surface area contributed by atoms with E-state index in [0.717, 1.165) is 11.1 Å². The molecule has 16 atom stereocenters. The number of aliphatic hydroxyl groups is 3. The number of carbonyl (C=O) groups is 3. The third-order valence-corrected chi connectivity index (χ3v) is 14.1. The molecule has 18 heteroatoms. The molecule has 1 amide bonds. The molecule has 3 aliphatic heterocycles. The predicted molar refractivity (Wildman–Crippen MR) is 260 cm³/mol. The first-order valence-corrected chi connectivity index (χ1v) is 25.0. The molecule has 0 spiro atoms. The van der Waals surface area contributed by atoms with Crippen molar-refractivity contribution < 1.29 is 72.4 Å². The molecule has 0 aromatic heterocycles. The van der Waals surface area contributed by atoms with Crippen molar-refractivity contribution in [1.29, 1.82) is 0 Å². The molecule has 5 rings (SSSR count). The maximum Gasteiger partial charge on any atom is 0.308 e. The Bertz CT molecular complexity index is 1900. The number of nitrogens with zero attached hydrogens (tertiary/aromatic N) is 2. The number of benzene rings is 1. The number of fused-ring (bicyclic) bond motifs is 3. The van der Waals surface area contributed by atoms with E-state index < -0.39 is 97.1 Å². The van der Waals surface area contributed by atoms with Gasteiger partial charge in [0.25, 0.3) is 5.91 Å². The average molecular weight is 988 g/mol. The molecule has 4 N–H and O–H groups in total. The van der Waals surface area contributed by atoms with Crippen molar-refractivity contribution in [3.63, 3.8) is 0 Å². The molecule has 3 fully saturated rings. The number of methoxy groups -OCH3 is 2. The number of hydrogen-bond acceptors (Lipinski definition) is 17. The van der Waals surface area contributed by atoms with Crippen molar-refractivity contribution in [3.8, 4) is 0 Å². The van der Waals surface area contributed by atoms with Crippen LogP contribution >= 0.6 is 0 Å². The number of ether oxygens (including phenoxy) is 8. The number of aliphatic hydroxyl groups excluding tert-OH is 3. The number of rotatable bonds is 14. The van der Waals surface area contributed by atoms with Crippen LogP contribution in [0.25, 0.3) is 0 Å². The van der Waals surface area contributed by atoms with Gasteiger partial charge in [0.05, 0.1) is 68.9 Å². The van der Waals surface area contributed by atoms with Crippen molar-refractivity contribution in [3.05, 3.63) is 59.2 Å². The van der Waals surface area contributed by atoms with E-state index >= 15 is 0 Å². The molecule has 1 aliphatic carbocycles. The van der Waals surface area contributed by atoms with Gasteiger partial charge >= 0.3 is 5.97 Å². The summed E-state index contributed by atoms with van der Waals surface area (Å²) in [6.45, 7) is 12.2. The molecule has 394 valence electrons. The summed E-state index contributed by atoms with van der Waals surface area (Å²) in [5.74, 6) is -2.66. The molecule has 4 aliphatic rings. The Morgan fingerprint density at radius 3 is 2.33 bits per heavy atom. The summed E-state index contributed by atoms with van der Waals surface area (Å²) in [5.41, 5.74) is 2.52. The van der Waals surface area contributed by atoms with Crippen molar-refractivity contribution in [2.45, 2.75) is 160 Å². The van der Waals surface area contributed by atoms with E-state index in [1.54, 1.807) is 69.4 Å². The highest BCUT2D eigenvalue weighted by Crippen LogP contribution is 2.36. The lowest BCUT2D eigenvalue weighted by molar-refractivity contribution is -0.305. The zero-order valence-electron chi connectivity index (χ0n) is 42.9. The summed E-state index contributed by atoms with van der Waals surface area (Å²) in [5, 5.41) is 40.7. The van der Waals surface area contributed by atoms with E-state index in [9.17, 15) is 29.7 Å². The van der Waals surface area contributed by atoms with Gasteiger partial charge in [0, 0.05) is 50.7 Å². The highest BCUT2D eigenvalue weighted by Gasteiger charge is 2.48. The summed E-state index contributed by atoms with van der Waals surface area (Å²) in [6, 6.07) is 6.32. The Morgan fingerprint density at radius 2 is 1.66 bits per heavy atom. The molecule has 2 saturated heterocycles. The lowest BCUT2D eigenvalue weighted by Crippen LogP contribution is -2.63. The molecule has 3 heterocycles. The van der Waals surface area contributed by atoms with Crippen LogP contribution in [0.2, 0.25) is 0 Å². The van der Waals surface area contributed by atoms with Crippen molar-refractivity contribution in [1.82, 2.24) is 10.2 Å². The molecular formula is C52H81N3O15. The minimum atomic E-state index is -1.26. The van der Waals surface area contributed by atoms with Gasteiger partial charge in [-0.15, -0.1) is 0 Å². The monoisotopic (exact) mass is 988 g/mol. The maximum absolute atomic E-state index is 14.5. The molecule has 0 radical (unpaired) electrons. The van der Waals surface area contributed by atoms with Crippen LogP contribution in [-0.4, -0.2) is 178 Å². The molecule has 1 aromatic carbocycles. The normalized spacial score (nSPS) is 37.2. The Labute approximate surface area is 414 Å². The number of likely N-dealkylation sites (N-methyl/N-ethyl adjacent to an activating group) is 1. The smallest absolute Gasteiger partial charge is 0.308 e. The summed E-state index contributed by atoms with van der Waals surface area (Å²) < 4.78 is 50.3. The zero-order chi connectivity index (χ0) is 51.1. The molecule has 18 nitrogen and oxygen atoms in total. The number of hydrogen-bond donors (Lipinski definition) is 4. The van der Waals surface area contributed by atoms with Crippen LogP contribution in [0.3, 0.4) is 0 Å². The number of cyclic esters (lactones) is 1. The first kappa shape index (κ1) is 57.2. The van der Waals surface area contributed by atoms with Crippen molar-refractivity contribution >= 4 is 23.4 Å². The standard InChI is InChI=1S/C52H81N3O15/c1-11-41-37(27-65-42-20-19-40(57)49(62-9)50(42)63-10)23-30(3)13-18-39(56)31(4)24-36-21-22-64-28-38(54-67-26-34-14-16-35(17-15-34)51(61)53-12-2)29-66-43(25-44(58)69-41)32(5)48(36)70-52-47(60)45(55(7)8)46(59)33(6)68-52/h13-18,23,31-33,36-37,40-43,45-50,52,57,59-60H,11-12,19-22,24-29H2,1-10H3,(H,53,61)/b18-13+,30-23+,54-38+/t31-,32+,33-,36?,37-,40-,41-,42-,43-,45+,46-,47-,48-,49-,50+,52+/m1/s1. The summed E-state index contributed by atoms with van der Waals surface area (Å²) in [4.78, 5) is 48.4. The van der Waals surface area contributed by atoms with Gasteiger partial charge in [-0.05, 0) is 96.7 Å². The predicted octanol–water partition coefficient (Wildman–Crippen LogP) is 4.16. The van der Waals surface area contributed by atoms with Crippen LogP contribution in [0.15, 0.2) is 53.2 Å². The molecular weight excluding hydrogens is 907 g/mol. The topological polar surface area (TPSA) is 223 Å². The van der Waals surface area contributed by atoms with Crippen LogP contribution < -0.4 is 5.32 Å². The number of esters is 1. The Hall–Kier alpha value is -3.66. The van der Waals surface area contributed by atoms with E-state index in [2.05, 4.69) is 10.5 Å². The fraction of sp³-hybridized carbons (Fsp3) is 0.731. The number of allylic oxidation sites excluding steroid dienone is 3. The van der Waals surface area contributed by atoms with E-state index in [0.29, 0.717) is 49.9 Å². The maximum atomic E-state index is 14.5. The zero-order valence-corrected chi connectivity index (χ0v) is 42.9. The van der Waals surface area contributed by atoms with Gasteiger partial charge in [-0.1, -0.05) is 55.8 Å². The van der Waals surface area contributed by atoms with Crippen LogP contribution in [0, 0.1) is 23.7 Å². The fourth-order valence-electron chi connectivity index (χ4n) is 10.1. The van der Waals surface area contributed by atoms with Crippen molar-refractivity contribution in [2.24, 2.45) is 28.8 Å². The van der Waals surface area contributed by atoms with E-state index in [4.69, 9.17) is 42.7 Å². The largest absolute Gasteiger partial charge is 0.462 e. The van der Waals surface area contributed by atoms with Gasteiger partial charge in [0.2, 0.25) is 0 Å². The fourth-order valence-corrected chi connectivity index (χ4v) is 10.1. The first-order chi connectivity index (χ1) is 33.5. The number of nitrogens with one attached hydrogen (secondary N) is 1. The van der Waals surface area contributed by atoms with Gasteiger partial charge in [0.15, 0.2) is 12.1 Å². The highest BCUT2D eigenvalue weighted by molar-refractivity contribution is 5.94. The van der Waals surface area contributed by atoms with Gasteiger partial charge in [-0.3, -0.25) is 14.4 Å².